The highest BCUT2D eigenvalue weighted by atomic mass is 32.1. The number of methoxy groups -OCH3 is 1. The van der Waals surface area contributed by atoms with E-state index in [4.69, 9.17) is 14.2 Å². The lowest BCUT2D eigenvalue weighted by molar-refractivity contribution is -0.136. The van der Waals surface area contributed by atoms with Gasteiger partial charge >= 0.3 is 23.8 Å². The zero-order chi connectivity index (χ0) is 29.5. The first-order valence-corrected chi connectivity index (χ1v) is 14.0. The van der Waals surface area contributed by atoms with Gasteiger partial charge in [-0.1, -0.05) is 17.7 Å². The van der Waals surface area contributed by atoms with E-state index in [2.05, 4.69) is 15.8 Å². The van der Waals surface area contributed by atoms with E-state index in [0.717, 1.165) is 41.7 Å². The Bertz CT molecular complexity index is 1530. The highest BCUT2D eigenvalue weighted by Gasteiger charge is 2.28. The van der Waals surface area contributed by atoms with Crippen LogP contribution in [-0.2, 0) is 27.2 Å². The molecule has 10 nitrogen and oxygen atoms in total. The molecule has 0 aliphatic heterocycles. The van der Waals surface area contributed by atoms with Gasteiger partial charge in [-0.2, -0.15) is 5.10 Å². The Morgan fingerprint density at radius 3 is 2.46 bits per heavy atom. The third-order valence-electron chi connectivity index (χ3n) is 6.45. The number of esters is 2. The molecule has 2 amide bonds. The van der Waals surface area contributed by atoms with E-state index in [1.807, 2.05) is 13.0 Å². The summed E-state index contributed by atoms with van der Waals surface area (Å²) in [7, 11) is 1.44. The molecule has 214 valence electrons. The molecule has 0 atom stereocenters. The molecule has 0 saturated heterocycles. The molecule has 0 bridgehead atoms. The average molecular weight is 578 g/mol. The number of anilines is 1. The van der Waals surface area contributed by atoms with Gasteiger partial charge in [0.15, 0.2) is 11.5 Å². The summed E-state index contributed by atoms with van der Waals surface area (Å²) in [6.45, 7) is 5.43. The Labute approximate surface area is 241 Å². The first-order valence-electron chi connectivity index (χ1n) is 13.2. The fourth-order valence-electron chi connectivity index (χ4n) is 4.39. The van der Waals surface area contributed by atoms with Crippen molar-refractivity contribution >= 4 is 45.8 Å². The van der Waals surface area contributed by atoms with Crippen molar-refractivity contribution in [2.24, 2.45) is 5.10 Å². The molecule has 2 aromatic carbocycles. The molecular weight excluding hydrogens is 546 g/mol. The molecule has 0 fully saturated rings. The predicted octanol–water partition coefficient (Wildman–Crippen LogP) is 4.82. The number of ether oxygens (including phenoxy) is 3. The fourth-order valence-corrected chi connectivity index (χ4v) is 5.66. The first-order chi connectivity index (χ1) is 19.7. The maximum absolute atomic E-state index is 12.7. The lowest BCUT2D eigenvalue weighted by Crippen LogP contribution is -2.33. The van der Waals surface area contributed by atoms with Crippen LogP contribution in [0.3, 0.4) is 0 Å². The Morgan fingerprint density at radius 2 is 1.73 bits per heavy atom. The molecule has 1 aromatic heterocycles. The van der Waals surface area contributed by atoms with E-state index >= 15 is 0 Å². The topological polar surface area (TPSA) is 132 Å². The molecule has 1 aliphatic carbocycles. The number of hydrazone groups is 1. The van der Waals surface area contributed by atoms with Crippen molar-refractivity contribution in [1.82, 2.24) is 5.43 Å². The minimum absolute atomic E-state index is 0.201. The molecule has 0 unspecified atom stereocenters. The van der Waals surface area contributed by atoms with Crippen molar-refractivity contribution in [3.8, 4) is 11.5 Å². The smallest absolute Gasteiger partial charge is 0.343 e. The highest BCUT2D eigenvalue weighted by Crippen LogP contribution is 2.38. The molecule has 4 rings (SSSR count). The molecule has 0 radical (unpaired) electrons. The number of hydrogen-bond acceptors (Lipinski definition) is 9. The summed E-state index contributed by atoms with van der Waals surface area (Å²) >= 11 is 1.29. The van der Waals surface area contributed by atoms with Crippen LogP contribution in [0.2, 0.25) is 0 Å². The third-order valence-corrected chi connectivity index (χ3v) is 7.65. The molecule has 3 aromatic rings. The van der Waals surface area contributed by atoms with Crippen LogP contribution in [0, 0.1) is 6.92 Å². The van der Waals surface area contributed by atoms with Crippen LogP contribution in [0.25, 0.3) is 0 Å². The van der Waals surface area contributed by atoms with Crippen molar-refractivity contribution in [2.45, 2.75) is 46.5 Å². The van der Waals surface area contributed by atoms with Crippen LogP contribution in [0.15, 0.2) is 47.6 Å². The van der Waals surface area contributed by atoms with Gasteiger partial charge in [0.25, 0.3) is 0 Å². The molecule has 1 aliphatic rings. The number of amides is 2. The summed E-state index contributed by atoms with van der Waals surface area (Å²) in [6, 6.07) is 11.9. The maximum atomic E-state index is 12.7. The van der Waals surface area contributed by atoms with E-state index in [9.17, 15) is 19.2 Å². The number of carbonyl (C=O) groups is 4. The van der Waals surface area contributed by atoms with E-state index in [-0.39, 0.29) is 18.1 Å². The second-order valence-corrected chi connectivity index (χ2v) is 10.5. The highest BCUT2D eigenvalue weighted by molar-refractivity contribution is 7.17. The van der Waals surface area contributed by atoms with Crippen molar-refractivity contribution < 1.29 is 33.4 Å². The number of rotatable bonds is 8. The standard InChI is InChI=1S/C30H31N3O7S/c1-5-39-30(37)25-21-11-6-7-12-24(21)41-28(25)31-26(34)27(35)33-32-18(3)19-13-14-22(23(16-19)38-4)40-29(36)20-10-8-9-17(2)15-20/h8-10,13-16H,5-7,11-12H2,1-4H3,(H,31,34)(H,33,35). The number of aryl methyl sites for hydroxylation is 2. The van der Waals surface area contributed by atoms with Crippen molar-refractivity contribution in [1.29, 1.82) is 0 Å². The number of nitrogens with one attached hydrogen (secondary N) is 2. The molecule has 0 spiro atoms. The fraction of sp³-hybridized carbons (Fsp3) is 0.300. The molecule has 2 N–H and O–H groups in total. The van der Waals surface area contributed by atoms with Crippen molar-refractivity contribution in [2.75, 3.05) is 19.0 Å². The lowest BCUT2D eigenvalue weighted by Gasteiger charge is -2.12. The number of nitrogens with zero attached hydrogens (tertiary/aromatic N) is 1. The van der Waals surface area contributed by atoms with E-state index in [1.165, 1.54) is 18.4 Å². The van der Waals surface area contributed by atoms with Gasteiger partial charge in [0.2, 0.25) is 0 Å². The second-order valence-electron chi connectivity index (χ2n) is 9.35. The zero-order valence-electron chi connectivity index (χ0n) is 23.3. The molecule has 1 heterocycles. The number of benzene rings is 2. The van der Waals surface area contributed by atoms with Crippen molar-refractivity contribution in [3.63, 3.8) is 0 Å². The van der Waals surface area contributed by atoms with Crippen molar-refractivity contribution in [3.05, 3.63) is 75.2 Å². The summed E-state index contributed by atoms with van der Waals surface area (Å²) in [5.41, 5.74) is 5.73. The normalized spacial score (nSPS) is 12.6. The summed E-state index contributed by atoms with van der Waals surface area (Å²) < 4.78 is 16.1. The Morgan fingerprint density at radius 1 is 0.951 bits per heavy atom. The Balaban J connectivity index is 1.44. The largest absolute Gasteiger partial charge is 0.493 e. The number of fused-ring (bicyclic) bond motifs is 1. The van der Waals surface area contributed by atoms with Gasteiger partial charge in [0.05, 0.1) is 30.6 Å². The first kappa shape index (κ1) is 29.5. The lowest BCUT2D eigenvalue weighted by atomic mass is 9.95. The van der Waals surface area contributed by atoms with Gasteiger partial charge in [0.1, 0.15) is 5.00 Å². The van der Waals surface area contributed by atoms with Crippen LogP contribution in [0.5, 0.6) is 11.5 Å². The summed E-state index contributed by atoms with van der Waals surface area (Å²) in [5, 5.41) is 6.90. The van der Waals surface area contributed by atoms with Gasteiger partial charge < -0.3 is 19.5 Å². The summed E-state index contributed by atoms with van der Waals surface area (Å²) in [4.78, 5) is 51.4. The number of hydrogen-bond donors (Lipinski definition) is 2. The number of carbonyl (C=O) groups excluding carboxylic acids is 4. The quantitative estimate of drug-likeness (QED) is 0.129. The molecule has 11 heteroatoms. The third kappa shape index (κ3) is 6.98. The van der Waals surface area contributed by atoms with E-state index in [0.29, 0.717) is 27.4 Å². The minimum Gasteiger partial charge on any atom is -0.493 e. The van der Waals surface area contributed by atoms with Gasteiger partial charge in [-0.3, -0.25) is 9.59 Å². The summed E-state index contributed by atoms with van der Waals surface area (Å²) in [5.74, 6) is -2.49. The maximum Gasteiger partial charge on any atom is 0.343 e. The van der Waals surface area contributed by atoms with Gasteiger partial charge in [-0.15, -0.1) is 11.3 Å². The van der Waals surface area contributed by atoms with Crippen LogP contribution in [-0.4, -0.2) is 43.2 Å². The molecule has 41 heavy (non-hydrogen) atoms. The monoisotopic (exact) mass is 577 g/mol. The molecular formula is C30H31N3O7S. The van der Waals surface area contributed by atoms with Crippen LogP contribution < -0.4 is 20.2 Å². The zero-order valence-corrected chi connectivity index (χ0v) is 24.1. The second kappa shape index (κ2) is 13.2. The van der Waals surface area contributed by atoms with E-state index in [1.54, 1.807) is 50.2 Å². The van der Waals surface area contributed by atoms with Gasteiger partial charge in [-0.05, 0) is 82.3 Å². The minimum atomic E-state index is -0.999. The number of thiophene rings is 1. The van der Waals surface area contributed by atoms with E-state index < -0.39 is 23.8 Å². The Hall–Kier alpha value is -4.51. The van der Waals surface area contributed by atoms with Gasteiger partial charge in [-0.25, -0.2) is 15.0 Å². The van der Waals surface area contributed by atoms with Crippen LogP contribution >= 0.6 is 11.3 Å². The van der Waals surface area contributed by atoms with Gasteiger partial charge in [0, 0.05) is 10.4 Å². The van der Waals surface area contributed by atoms with Crippen LogP contribution in [0.4, 0.5) is 5.00 Å². The Kier molecular flexibility index (Phi) is 9.51. The average Bonchev–Trinajstić information content (AvgIpc) is 3.33. The molecule has 0 saturated carbocycles. The van der Waals surface area contributed by atoms with Crippen LogP contribution in [0.1, 0.15) is 69.0 Å². The SMILES string of the molecule is CCOC(=O)c1c(NC(=O)C(=O)NN=C(C)c2ccc(OC(=O)c3cccc(C)c3)c(OC)c2)sc2c1CCCC2. The summed E-state index contributed by atoms with van der Waals surface area (Å²) in [6.07, 6.45) is 3.47. The predicted molar refractivity (Wildman–Crippen MR) is 155 cm³/mol.